The van der Waals surface area contributed by atoms with Crippen LogP contribution in [-0.2, 0) is 21.4 Å². The Kier molecular flexibility index (Phi) is 8.53. The first-order chi connectivity index (χ1) is 28.6. The fourth-order valence-electron chi connectivity index (χ4n) is 8.16. The van der Waals surface area contributed by atoms with Crippen molar-refractivity contribution in [3.05, 3.63) is 112 Å². The van der Waals surface area contributed by atoms with Gasteiger partial charge in [0.05, 0.1) is 60.7 Å². The number of hydrogen-bond acceptors (Lipinski definition) is 11. The van der Waals surface area contributed by atoms with Gasteiger partial charge in [0.25, 0.3) is 11.5 Å². The molecule has 0 bridgehead atoms. The van der Waals surface area contributed by atoms with Crippen molar-refractivity contribution in [2.75, 3.05) is 37.7 Å². The van der Waals surface area contributed by atoms with E-state index in [9.17, 15) is 19.2 Å². The summed E-state index contributed by atoms with van der Waals surface area (Å²) in [5, 5.41) is 6.77. The van der Waals surface area contributed by atoms with Crippen LogP contribution in [0.15, 0.2) is 88.7 Å². The topological polar surface area (TPSA) is 178 Å². The molecule has 3 aliphatic heterocycles. The molecule has 3 saturated heterocycles. The minimum Gasteiger partial charge on any atom is -0.464 e. The predicted octanol–water partition coefficient (Wildman–Crippen LogP) is 3.41. The first-order valence-electron chi connectivity index (χ1n) is 19.2. The number of aryl methyl sites for hydroxylation is 2. The van der Waals surface area contributed by atoms with Crippen LogP contribution in [0.3, 0.4) is 0 Å². The summed E-state index contributed by atoms with van der Waals surface area (Å²) in [4.78, 5) is 71.4. The summed E-state index contributed by atoms with van der Waals surface area (Å²) >= 11 is 0. The highest BCUT2D eigenvalue weighted by molar-refractivity contribution is 6.03. The lowest BCUT2D eigenvalue weighted by Gasteiger charge is -2.54. The summed E-state index contributed by atoms with van der Waals surface area (Å²) in [6, 6.07) is 16.5. The molecule has 59 heavy (non-hydrogen) atoms. The third-order valence-corrected chi connectivity index (χ3v) is 11.4. The summed E-state index contributed by atoms with van der Waals surface area (Å²) in [5.41, 5.74) is 5.80. The number of nitrogens with zero attached hydrogens (tertiary/aromatic N) is 7. The molecule has 7 aromatic rings. The SMILES string of the molecule is Cc1cc2c(-[n+]3cccc4nc(-c5ccc(C(=O)NCC#Cc6ccc7occ(C8CCC(=O)NC8=O)c7c6)nc5)ncc43)nc(N3CC4(COC4)C3)cc2n(C)c1=O. The van der Waals surface area contributed by atoms with Crippen LogP contribution in [0.2, 0.25) is 0 Å². The van der Waals surface area contributed by atoms with Gasteiger partial charge >= 0.3 is 5.82 Å². The fourth-order valence-corrected chi connectivity index (χ4v) is 8.16. The molecule has 15 nitrogen and oxygen atoms in total. The largest absolute Gasteiger partial charge is 0.464 e. The van der Waals surface area contributed by atoms with E-state index in [1.165, 1.54) is 0 Å². The van der Waals surface area contributed by atoms with Crippen LogP contribution in [0.25, 0.3) is 50.1 Å². The minimum absolute atomic E-state index is 0.0563. The van der Waals surface area contributed by atoms with E-state index in [1.54, 1.807) is 54.5 Å². The maximum absolute atomic E-state index is 13.0. The number of nitrogens with one attached hydrogen (secondary N) is 2. The molecule has 0 radical (unpaired) electrons. The van der Waals surface area contributed by atoms with Gasteiger partial charge in [-0.15, -0.1) is 0 Å². The average molecular weight is 787 g/mol. The number of fused-ring (bicyclic) bond motifs is 3. The Labute approximate surface area is 336 Å². The Balaban J connectivity index is 0.859. The van der Waals surface area contributed by atoms with Crippen molar-refractivity contribution < 1.29 is 28.1 Å². The molecule has 1 spiro atoms. The molecule has 1 unspecified atom stereocenters. The van der Waals surface area contributed by atoms with Gasteiger partial charge in [-0.25, -0.2) is 9.97 Å². The number of furan rings is 1. The number of anilines is 1. The van der Waals surface area contributed by atoms with Crippen LogP contribution >= 0.6 is 0 Å². The Morgan fingerprint density at radius 1 is 1.03 bits per heavy atom. The molecule has 1 aromatic carbocycles. The summed E-state index contributed by atoms with van der Waals surface area (Å²) < 4.78 is 14.8. The van der Waals surface area contributed by atoms with Crippen molar-refractivity contribution in [1.82, 2.24) is 35.1 Å². The zero-order valence-corrected chi connectivity index (χ0v) is 32.1. The highest BCUT2D eigenvalue weighted by Crippen LogP contribution is 2.40. The second-order valence-corrected chi connectivity index (χ2v) is 15.4. The summed E-state index contributed by atoms with van der Waals surface area (Å²) in [6.07, 6.45) is 7.48. The highest BCUT2D eigenvalue weighted by atomic mass is 16.5. The van der Waals surface area contributed by atoms with Gasteiger partial charge in [-0.3, -0.25) is 29.5 Å². The number of pyridine rings is 4. The lowest BCUT2D eigenvalue weighted by molar-refractivity contribution is -0.569. The molecule has 9 heterocycles. The zero-order chi connectivity index (χ0) is 40.4. The molecule has 15 heteroatoms. The molecule has 6 aromatic heterocycles. The van der Waals surface area contributed by atoms with Gasteiger partial charge in [-0.2, -0.15) is 4.57 Å². The maximum atomic E-state index is 13.0. The van der Waals surface area contributed by atoms with E-state index in [0.29, 0.717) is 51.4 Å². The minimum atomic E-state index is -0.475. The Morgan fingerprint density at radius 2 is 1.90 bits per heavy atom. The van der Waals surface area contributed by atoms with E-state index in [-0.39, 0.29) is 47.4 Å². The number of ether oxygens (including phenoxy) is 1. The fraction of sp³-hybridized carbons (Fsp3) is 0.250. The number of rotatable bonds is 6. The van der Waals surface area contributed by atoms with E-state index in [1.807, 2.05) is 48.0 Å². The van der Waals surface area contributed by atoms with Crippen LogP contribution in [0.5, 0.6) is 0 Å². The monoisotopic (exact) mass is 786 g/mol. The number of imide groups is 1. The molecule has 292 valence electrons. The Hall–Kier alpha value is -7.31. The van der Waals surface area contributed by atoms with Crippen LogP contribution in [0, 0.1) is 24.2 Å². The van der Waals surface area contributed by atoms with Gasteiger partial charge in [-0.1, -0.05) is 11.8 Å². The van der Waals surface area contributed by atoms with Crippen LogP contribution in [-0.4, -0.2) is 75.1 Å². The van der Waals surface area contributed by atoms with Gasteiger partial charge in [0, 0.05) is 66.5 Å². The van der Waals surface area contributed by atoms with Crippen molar-refractivity contribution in [1.29, 1.82) is 0 Å². The zero-order valence-electron chi connectivity index (χ0n) is 32.1. The standard InChI is InChI=1S/C44H35N9O6/c1-25-15-30-34(51(2)43(25)57)17-37(52-21-44(22-52)23-58-24-44)49-40(30)53-14-4-6-32-35(53)19-47-39(48-32)27-8-10-33(46-18-27)42(56)45-13-3-5-26-7-11-36-29(16-26)31(20-59-36)28-9-12-38(54)50-41(28)55/h4,6-8,10-11,14-20,28H,9,12-13,21-24H2,1-2H3,(H-,45,50,54,55,56)/p+1. The van der Waals surface area contributed by atoms with Crippen molar-refractivity contribution in [2.45, 2.75) is 25.7 Å². The lowest BCUT2D eigenvalue weighted by Crippen LogP contribution is -2.66. The average Bonchev–Trinajstić information content (AvgIpc) is 3.63. The molecule has 2 N–H and O–H groups in total. The third-order valence-electron chi connectivity index (χ3n) is 11.4. The third kappa shape index (κ3) is 6.34. The first-order valence-corrected chi connectivity index (χ1v) is 19.2. The number of carbonyl (C=O) groups excluding carboxylic acids is 3. The van der Waals surface area contributed by atoms with Crippen LogP contribution in [0.4, 0.5) is 5.82 Å². The molecular formula is C44H36N9O6+. The Morgan fingerprint density at radius 3 is 2.68 bits per heavy atom. The molecule has 3 fully saturated rings. The second kappa shape index (κ2) is 14.0. The van der Waals surface area contributed by atoms with E-state index in [2.05, 4.69) is 32.4 Å². The van der Waals surface area contributed by atoms with Crippen molar-refractivity contribution in [3.63, 3.8) is 0 Å². The van der Waals surface area contributed by atoms with Crippen molar-refractivity contribution >= 4 is 56.4 Å². The highest BCUT2D eigenvalue weighted by Gasteiger charge is 2.50. The Bertz CT molecular complexity index is 3040. The van der Waals surface area contributed by atoms with Crippen molar-refractivity contribution in [2.24, 2.45) is 12.5 Å². The quantitative estimate of drug-likeness (QED) is 0.144. The summed E-state index contributed by atoms with van der Waals surface area (Å²) in [7, 11) is 1.79. The van der Waals surface area contributed by atoms with Gasteiger partial charge in [0.15, 0.2) is 11.3 Å². The summed E-state index contributed by atoms with van der Waals surface area (Å²) in [5.74, 6) is 6.46. The van der Waals surface area contributed by atoms with Gasteiger partial charge in [-0.05, 0) is 66.9 Å². The van der Waals surface area contributed by atoms with E-state index < -0.39 is 5.92 Å². The lowest BCUT2D eigenvalue weighted by atomic mass is 9.78. The molecule has 3 aliphatic rings. The number of carbonyl (C=O) groups is 3. The second-order valence-electron chi connectivity index (χ2n) is 15.4. The number of piperidine rings is 1. The van der Waals surface area contributed by atoms with E-state index in [0.717, 1.165) is 53.9 Å². The van der Waals surface area contributed by atoms with E-state index >= 15 is 0 Å². The van der Waals surface area contributed by atoms with Crippen molar-refractivity contribution in [3.8, 4) is 29.0 Å². The molecular weight excluding hydrogens is 751 g/mol. The molecule has 10 rings (SSSR count). The van der Waals surface area contributed by atoms with Gasteiger partial charge < -0.3 is 23.9 Å². The first kappa shape index (κ1) is 36.1. The number of aromatic nitrogens is 6. The summed E-state index contributed by atoms with van der Waals surface area (Å²) in [6.45, 7) is 5.10. The smallest absolute Gasteiger partial charge is 0.340 e. The molecule has 3 amide bonds. The molecule has 0 aliphatic carbocycles. The van der Waals surface area contributed by atoms with Crippen LogP contribution < -0.4 is 25.7 Å². The maximum Gasteiger partial charge on any atom is 0.340 e. The van der Waals surface area contributed by atoms with Gasteiger partial charge in [0.1, 0.15) is 16.8 Å². The number of amides is 3. The normalized spacial score (nSPS) is 17.1. The number of hydrogen-bond donors (Lipinski definition) is 2. The molecule has 0 saturated carbocycles. The number of benzene rings is 1. The van der Waals surface area contributed by atoms with Gasteiger partial charge in [0.2, 0.25) is 17.6 Å². The van der Waals surface area contributed by atoms with Crippen LogP contribution in [0.1, 0.15) is 45.9 Å². The molecule has 1 atom stereocenters. The van der Waals surface area contributed by atoms with E-state index in [4.69, 9.17) is 24.1 Å². The predicted molar refractivity (Wildman–Crippen MR) is 216 cm³/mol.